The van der Waals surface area contributed by atoms with Crippen LogP contribution in [0.3, 0.4) is 0 Å². The van der Waals surface area contributed by atoms with E-state index in [4.69, 9.17) is 20.4 Å². The standard InChI is InChI=1S/C7H12O7/c8-2-4(9)3-14-5(7(12)13)1-6(10)11/h4-5,8-9H,1-3H2,(H,10,11)(H,12,13). The highest BCUT2D eigenvalue weighted by Crippen LogP contribution is 2.00. The topological polar surface area (TPSA) is 124 Å². The first-order chi connectivity index (χ1) is 6.47. The van der Waals surface area contributed by atoms with Crippen LogP contribution < -0.4 is 0 Å². The zero-order chi connectivity index (χ0) is 11.1. The lowest BCUT2D eigenvalue weighted by Gasteiger charge is -2.13. The molecule has 7 nitrogen and oxygen atoms in total. The Labute approximate surface area is 79.5 Å². The first kappa shape index (κ1) is 12.8. The number of carboxylic acid groups (broad SMARTS) is 2. The van der Waals surface area contributed by atoms with Gasteiger partial charge in [-0.3, -0.25) is 4.79 Å². The van der Waals surface area contributed by atoms with Gasteiger partial charge in [0.05, 0.1) is 19.6 Å². The van der Waals surface area contributed by atoms with E-state index in [-0.39, 0.29) is 0 Å². The Hall–Kier alpha value is -1.18. The first-order valence-electron chi connectivity index (χ1n) is 3.82. The van der Waals surface area contributed by atoms with Crippen LogP contribution in [0.15, 0.2) is 0 Å². The summed E-state index contributed by atoms with van der Waals surface area (Å²) in [4.78, 5) is 20.6. The fourth-order valence-corrected chi connectivity index (χ4v) is 0.656. The largest absolute Gasteiger partial charge is 0.481 e. The second-order valence-electron chi connectivity index (χ2n) is 2.59. The van der Waals surface area contributed by atoms with Gasteiger partial charge in [-0.2, -0.15) is 0 Å². The van der Waals surface area contributed by atoms with Crippen molar-refractivity contribution in [2.24, 2.45) is 0 Å². The summed E-state index contributed by atoms with van der Waals surface area (Å²) in [5.74, 6) is -2.73. The van der Waals surface area contributed by atoms with Crippen molar-refractivity contribution >= 4 is 11.9 Å². The molecular weight excluding hydrogens is 196 g/mol. The van der Waals surface area contributed by atoms with E-state index in [2.05, 4.69) is 4.74 Å². The van der Waals surface area contributed by atoms with E-state index in [1.54, 1.807) is 0 Å². The average Bonchev–Trinajstić information content (AvgIpc) is 2.10. The molecule has 82 valence electrons. The average molecular weight is 208 g/mol. The van der Waals surface area contributed by atoms with Crippen LogP contribution in [0.4, 0.5) is 0 Å². The molecule has 14 heavy (non-hydrogen) atoms. The molecule has 0 aromatic carbocycles. The SMILES string of the molecule is O=C(O)CC(OCC(O)CO)C(=O)O. The van der Waals surface area contributed by atoms with Crippen LogP contribution in [-0.4, -0.2) is 57.8 Å². The van der Waals surface area contributed by atoms with Crippen molar-refractivity contribution in [3.63, 3.8) is 0 Å². The van der Waals surface area contributed by atoms with Gasteiger partial charge in [0.2, 0.25) is 0 Å². The van der Waals surface area contributed by atoms with Crippen molar-refractivity contribution < 1.29 is 34.8 Å². The quantitative estimate of drug-likeness (QED) is 0.392. The molecule has 7 heteroatoms. The molecule has 0 heterocycles. The molecule has 0 rings (SSSR count). The maximum absolute atomic E-state index is 10.4. The van der Waals surface area contributed by atoms with Gasteiger partial charge in [-0.25, -0.2) is 4.79 Å². The number of aliphatic carboxylic acids is 2. The normalized spacial score (nSPS) is 14.7. The van der Waals surface area contributed by atoms with Crippen LogP contribution in [-0.2, 0) is 14.3 Å². The number of rotatable bonds is 7. The van der Waals surface area contributed by atoms with Crippen molar-refractivity contribution in [2.75, 3.05) is 13.2 Å². The van der Waals surface area contributed by atoms with Crippen LogP contribution in [0.25, 0.3) is 0 Å². The summed E-state index contributed by atoms with van der Waals surface area (Å²) in [7, 11) is 0. The van der Waals surface area contributed by atoms with Gasteiger partial charge in [0, 0.05) is 0 Å². The molecule has 0 aliphatic heterocycles. The minimum atomic E-state index is -1.51. The maximum atomic E-state index is 10.4. The fourth-order valence-electron chi connectivity index (χ4n) is 0.656. The van der Waals surface area contributed by atoms with E-state index in [1.165, 1.54) is 0 Å². The van der Waals surface area contributed by atoms with Crippen LogP contribution in [0.1, 0.15) is 6.42 Å². The van der Waals surface area contributed by atoms with Crippen LogP contribution in [0.2, 0.25) is 0 Å². The molecule has 0 saturated carbocycles. The molecule has 0 saturated heterocycles. The fraction of sp³-hybridized carbons (Fsp3) is 0.714. The maximum Gasteiger partial charge on any atom is 0.333 e. The molecule has 0 radical (unpaired) electrons. The Bertz CT molecular complexity index is 202. The Morgan fingerprint density at radius 1 is 1.29 bits per heavy atom. The van der Waals surface area contributed by atoms with Gasteiger partial charge in [0.15, 0.2) is 6.10 Å². The summed E-state index contributed by atoms with van der Waals surface area (Å²) in [6.45, 7) is -0.986. The zero-order valence-electron chi connectivity index (χ0n) is 7.29. The second kappa shape index (κ2) is 6.30. The van der Waals surface area contributed by atoms with E-state index in [0.29, 0.717) is 0 Å². The molecular formula is C7H12O7. The molecule has 0 bridgehead atoms. The summed E-state index contributed by atoms with van der Waals surface area (Å²) < 4.78 is 4.58. The van der Waals surface area contributed by atoms with Crippen molar-refractivity contribution in [2.45, 2.75) is 18.6 Å². The molecule has 0 fully saturated rings. The van der Waals surface area contributed by atoms with Crippen LogP contribution in [0.5, 0.6) is 0 Å². The number of aliphatic hydroxyl groups excluding tert-OH is 2. The van der Waals surface area contributed by atoms with Gasteiger partial charge < -0.3 is 25.2 Å². The molecule has 0 aromatic rings. The lowest BCUT2D eigenvalue weighted by molar-refractivity contribution is -0.159. The second-order valence-corrected chi connectivity index (χ2v) is 2.59. The minimum Gasteiger partial charge on any atom is -0.481 e. The third-order valence-electron chi connectivity index (χ3n) is 1.34. The zero-order valence-corrected chi connectivity index (χ0v) is 7.29. The lowest BCUT2D eigenvalue weighted by atomic mass is 10.2. The molecule has 2 atom stereocenters. The first-order valence-corrected chi connectivity index (χ1v) is 3.82. The Morgan fingerprint density at radius 2 is 1.86 bits per heavy atom. The predicted octanol–water partition coefficient (Wildman–Crippen LogP) is -1.72. The van der Waals surface area contributed by atoms with Gasteiger partial charge in [-0.1, -0.05) is 0 Å². The third kappa shape index (κ3) is 5.46. The number of hydrogen-bond donors (Lipinski definition) is 4. The molecule has 0 aromatic heterocycles. The highest BCUT2D eigenvalue weighted by molar-refractivity contribution is 5.79. The summed E-state index contributed by atoms with van der Waals surface area (Å²) in [6.07, 6.45) is -3.40. The Kier molecular flexibility index (Phi) is 5.77. The van der Waals surface area contributed by atoms with Crippen LogP contribution in [0, 0.1) is 0 Å². The summed E-state index contributed by atoms with van der Waals surface area (Å²) in [5, 5.41) is 34.0. The predicted molar refractivity (Wildman–Crippen MR) is 42.7 cm³/mol. The van der Waals surface area contributed by atoms with Crippen molar-refractivity contribution in [3.05, 3.63) is 0 Å². The molecule has 0 amide bonds. The smallest absolute Gasteiger partial charge is 0.333 e. The van der Waals surface area contributed by atoms with Gasteiger partial charge in [-0.05, 0) is 0 Å². The van der Waals surface area contributed by atoms with Gasteiger partial charge >= 0.3 is 11.9 Å². The summed E-state index contributed by atoms with van der Waals surface area (Å²) >= 11 is 0. The molecule has 0 aliphatic rings. The third-order valence-corrected chi connectivity index (χ3v) is 1.34. The van der Waals surface area contributed by atoms with Crippen molar-refractivity contribution in [1.82, 2.24) is 0 Å². The molecule has 0 spiro atoms. The van der Waals surface area contributed by atoms with E-state index >= 15 is 0 Å². The number of ether oxygens (including phenoxy) is 1. The van der Waals surface area contributed by atoms with E-state index in [9.17, 15) is 9.59 Å². The van der Waals surface area contributed by atoms with Crippen LogP contribution >= 0.6 is 0 Å². The minimum absolute atomic E-state index is 0.416. The number of hydrogen-bond acceptors (Lipinski definition) is 5. The van der Waals surface area contributed by atoms with Gasteiger partial charge in [-0.15, -0.1) is 0 Å². The lowest BCUT2D eigenvalue weighted by Crippen LogP contribution is -2.31. The Balaban J connectivity index is 3.97. The van der Waals surface area contributed by atoms with Crippen molar-refractivity contribution in [3.8, 4) is 0 Å². The summed E-state index contributed by atoms with van der Waals surface area (Å²) in [6, 6.07) is 0. The van der Waals surface area contributed by atoms with E-state index < -0.39 is 43.8 Å². The van der Waals surface area contributed by atoms with Gasteiger partial charge in [0.25, 0.3) is 0 Å². The van der Waals surface area contributed by atoms with Gasteiger partial charge in [0.1, 0.15) is 6.10 Å². The monoisotopic (exact) mass is 208 g/mol. The highest BCUT2D eigenvalue weighted by atomic mass is 16.5. The number of aliphatic hydroxyl groups is 2. The number of carboxylic acids is 2. The Morgan fingerprint density at radius 3 is 2.21 bits per heavy atom. The van der Waals surface area contributed by atoms with E-state index in [0.717, 1.165) is 0 Å². The highest BCUT2D eigenvalue weighted by Gasteiger charge is 2.22. The summed E-state index contributed by atoms with van der Waals surface area (Å²) in [5.41, 5.74) is 0. The molecule has 0 aliphatic carbocycles. The number of carbonyl (C=O) groups is 2. The molecule has 2 unspecified atom stereocenters. The van der Waals surface area contributed by atoms with Crippen molar-refractivity contribution in [1.29, 1.82) is 0 Å². The van der Waals surface area contributed by atoms with E-state index in [1.807, 2.05) is 0 Å². The molecule has 4 N–H and O–H groups in total.